The van der Waals surface area contributed by atoms with Crippen LogP contribution in [0.25, 0.3) is 0 Å². The second kappa shape index (κ2) is 3.35. The van der Waals surface area contributed by atoms with E-state index in [2.05, 4.69) is 32.7 Å². The average molecular weight is 170 g/mol. The predicted octanol–water partition coefficient (Wildman–Crippen LogP) is 1.45. The van der Waals surface area contributed by atoms with Gasteiger partial charge in [0.25, 0.3) is 0 Å². The van der Waals surface area contributed by atoms with E-state index < -0.39 is 0 Å². The second-order valence-corrected chi connectivity index (χ2v) is 5.14. The summed E-state index contributed by atoms with van der Waals surface area (Å²) < 4.78 is 0. The molecule has 2 heteroatoms. The van der Waals surface area contributed by atoms with E-state index in [0.717, 1.165) is 12.6 Å². The predicted molar refractivity (Wildman–Crippen MR) is 53.1 cm³/mol. The molecule has 0 spiro atoms. The number of hydrogen-bond acceptors (Lipinski definition) is 2. The first kappa shape index (κ1) is 10.0. The molecule has 0 aliphatic heterocycles. The van der Waals surface area contributed by atoms with Gasteiger partial charge in [0, 0.05) is 18.6 Å². The summed E-state index contributed by atoms with van der Waals surface area (Å²) in [5, 5.41) is 0. The lowest BCUT2D eigenvalue weighted by atomic mass is 9.68. The third-order valence-corrected chi connectivity index (χ3v) is 2.78. The zero-order valence-corrected chi connectivity index (χ0v) is 8.80. The van der Waals surface area contributed by atoms with Gasteiger partial charge in [0.2, 0.25) is 0 Å². The molecule has 1 fully saturated rings. The highest BCUT2D eigenvalue weighted by molar-refractivity contribution is 4.92. The van der Waals surface area contributed by atoms with Crippen LogP contribution in [0.4, 0.5) is 0 Å². The SMILES string of the molecule is C[C@H](N)CN(C)C1CC(C)(C)C1. The minimum atomic E-state index is 0.304. The molecule has 0 saturated heterocycles. The first-order valence-electron chi connectivity index (χ1n) is 4.86. The Bertz CT molecular complexity index is 141. The normalized spacial score (nSPS) is 25.5. The molecule has 0 aromatic carbocycles. The van der Waals surface area contributed by atoms with Gasteiger partial charge in [-0.15, -0.1) is 0 Å². The molecule has 1 atom stereocenters. The van der Waals surface area contributed by atoms with E-state index in [0.29, 0.717) is 11.5 Å². The maximum atomic E-state index is 5.74. The molecule has 0 bridgehead atoms. The largest absolute Gasteiger partial charge is 0.327 e. The second-order valence-electron chi connectivity index (χ2n) is 5.14. The minimum Gasteiger partial charge on any atom is -0.327 e. The Morgan fingerprint density at radius 2 is 2.00 bits per heavy atom. The number of likely N-dealkylation sites (N-methyl/N-ethyl adjacent to an activating group) is 1. The van der Waals surface area contributed by atoms with Crippen molar-refractivity contribution in [3.05, 3.63) is 0 Å². The number of nitrogens with zero attached hydrogens (tertiary/aromatic N) is 1. The van der Waals surface area contributed by atoms with Crippen LogP contribution in [0.15, 0.2) is 0 Å². The molecular formula is C10H22N2. The first-order chi connectivity index (χ1) is 5.41. The van der Waals surface area contributed by atoms with Crippen LogP contribution in [-0.2, 0) is 0 Å². The lowest BCUT2D eigenvalue weighted by Gasteiger charge is -2.47. The Morgan fingerprint density at radius 3 is 2.33 bits per heavy atom. The molecule has 72 valence electrons. The highest BCUT2D eigenvalue weighted by Crippen LogP contribution is 2.42. The van der Waals surface area contributed by atoms with Crippen LogP contribution < -0.4 is 5.73 Å². The molecule has 0 unspecified atom stereocenters. The van der Waals surface area contributed by atoms with Crippen molar-refractivity contribution in [1.29, 1.82) is 0 Å². The van der Waals surface area contributed by atoms with Crippen molar-refractivity contribution < 1.29 is 0 Å². The van der Waals surface area contributed by atoms with Gasteiger partial charge in [0.1, 0.15) is 0 Å². The summed E-state index contributed by atoms with van der Waals surface area (Å²) in [6.45, 7) is 7.77. The topological polar surface area (TPSA) is 29.3 Å². The Balaban J connectivity index is 2.23. The highest BCUT2D eigenvalue weighted by atomic mass is 15.1. The Morgan fingerprint density at radius 1 is 1.50 bits per heavy atom. The lowest BCUT2D eigenvalue weighted by Crippen LogP contribution is -2.49. The van der Waals surface area contributed by atoms with Crippen LogP contribution in [0.1, 0.15) is 33.6 Å². The fourth-order valence-corrected chi connectivity index (χ4v) is 2.13. The van der Waals surface area contributed by atoms with Gasteiger partial charge in [-0.2, -0.15) is 0 Å². The maximum Gasteiger partial charge on any atom is 0.0139 e. The Kier molecular flexibility index (Phi) is 2.79. The van der Waals surface area contributed by atoms with E-state index in [4.69, 9.17) is 5.73 Å². The third kappa shape index (κ3) is 2.46. The standard InChI is InChI=1S/C10H22N2/c1-8(11)7-12(4)9-5-10(2,3)6-9/h8-9H,5-7,11H2,1-4H3/t8-/m0/s1. The lowest BCUT2D eigenvalue weighted by molar-refractivity contribution is 0.0396. The molecule has 1 aliphatic carbocycles. The van der Waals surface area contributed by atoms with Crippen molar-refractivity contribution in [1.82, 2.24) is 4.90 Å². The zero-order valence-electron chi connectivity index (χ0n) is 8.80. The summed E-state index contributed by atoms with van der Waals surface area (Å²) in [5.74, 6) is 0. The van der Waals surface area contributed by atoms with Gasteiger partial charge in [-0.3, -0.25) is 0 Å². The van der Waals surface area contributed by atoms with Gasteiger partial charge in [0.05, 0.1) is 0 Å². The number of nitrogens with two attached hydrogens (primary N) is 1. The van der Waals surface area contributed by atoms with E-state index in [1.54, 1.807) is 0 Å². The van der Waals surface area contributed by atoms with Crippen molar-refractivity contribution in [3.63, 3.8) is 0 Å². The molecular weight excluding hydrogens is 148 g/mol. The van der Waals surface area contributed by atoms with Crippen molar-refractivity contribution in [2.45, 2.75) is 45.7 Å². The maximum absolute atomic E-state index is 5.74. The van der Waals surface area contributed by atoms with Gasteiger partial charge in [0.15, 0.2) is 0 Å². The highest BCUT2D eigenvalue weighted by Gasteiger charge is 2.37. The van der Waals surface area contributed by atoms with Crippen molar-refractivity contribution in [2.75, 3.05) is 13.6 Å². The van der Waals surface area contributed by atoms with Gasteiger partial charge in [-0.1, -0.05) is 13.8 Å². The van der Waals surface area contributed by atoms with E-state index in [-0.39, 0.29) is 0 Å². The summed E-state index contributed by atoms with van der Waals surface area (Å²) >= 11 is 0. The molecule has 0 radical (unpaired) electrons. The minimum absolute atomic E-state index is 0.304. The number of rotatable bonds is 3. The Labute approximate surface area is 76.1 Å². The van der Waals surface area contributed by atoms with E-state index in [1.807, 2.05) is 0 Å². The van der Waals surface area contributed by atoms with Gasteiger partial charge < -0.3 is 10.6 Å². The molecule has 0 aromatic heterocycles. The molecule has 12 heavy (non-hydrogen) atoms. The molecule has 1 saturated carbocycles. The monoisotopic (exact) mass is 170 g/mol. The number of hydrogen-bond donors (Lipinski definition) is 1. The quantitative estimate of drug-likeness (QED) is 0.694. The van der Waals surface area contributed by atoms with E-state index in [9.17, 15) is 0 Å². The molecule has 0 heterocycles. The molecule has 0 amide bonds. The zero-order chi connectivity index (χ0) is 9.35. The van der Waals surface area contributed by atoms with Crippen LogP contribution >= 0.6 is 0 Å². The van der Waals surface area contributed by atoms with Crippen molar-refractivity contribution in [2.24, 2.45) is 11.1 Å². The summed E-state index contributed by atoms with van der Waals surface area (Å²) in [7, 11) is 2.18. The molecule has 2 N–H and O–H groups in total. The van der Waals surface area contributed by atoms with Gasteiger partial charge in [-0.05, 0) is 32.2 Å². The van der Waals surface area contributed by atoms with Gasteiger partial charge in [-0.25, -0.2) is 0 Å². The van der Waals surface area contributed by atoms with Crippen LogP contribution in [0, 0.1) is 5.41 Å². The van der Waals surface area contributed by atoms with Crippen molar-refractivity contribution in [3.8, 4) is 0 Å². The average Bonchev–Trinajstić information content (AvgIpc) is 1.80. The third-order valence-electron chi connectivity index (χ3n) is 2.78. The summed E-state index contributed by atoms with van der Waals surface area (Å²) in [6, 6.07) is 1.09. The molecule has 1 rings (SSSR count). The summed E-state index contributed by atoms with van der Waals surface area (Å²) in [5.41, 5.74) is 6.32. The fourth-order valence-electron chi connectivity index (χ4n) is 2.13. The molecule has 0 aromatic rings. The molecule has 1 aliphatic rings. The Hall–Kier alpha value is -0.0800. The van der Waals surface area contributed by atoms with Crippen LogP contribution in [0.2, 0.25) is 0 Å². The smallest absolute Gasteiger partial charge is 0.0139 e. The van der Waals surface area contributed by atoms with Gasteiger partial charge >= 0.3 is 0 Å². The molecule has 2 nitrogen and oxygen atoms in total. The first-order valence-corrected chi connectivity index (χ1v) is 4.86. The van der Waals surface area contributed by atoms with Crippen LogP contribution in [0.3, 0.4) is 0 Å². The van der Waals surface area contributed by atoms with Crippen molar-refractivity contribution >= 4 is 0 Å². The van der Waals surface area contributed by atoms with E-state index in [1.165, 1.54) is 12.8 Å². The van der Waals surface area contributed by atoms with E-state index >= 15 is 0 Å². The fraction of sp³-hybridized carbons (Fsp3) is 1.00. The van der Waals surface area contributed by atoms with Crippen LogP contribution in [0.5, 0.6) is 0 Å². The summed E-state index contributed by atoms with van der Waals surface area (Å²) in [6.07, 6.45) is 2.66. The van der Waals surface area contributed by atoms with Crippen LogP contribution in [-0.4, -0.2) is 30.6 Å². The summed E-state index contributed by atoms with van der Waals surface area (Å²) in [4.78, 5) is 2.40.